The smallest absolute Gasteiger partial charge is 0.371 e. The molecule has 2 heterocycles. The molecule has 1 saturated heterocycles. The van der Waals surface area contributed by atoms with Gasteiger partial charge in [-0.25, -0.2) is 14.4 Å². The summed E-state index contributed by atoms with van der Waals surface area (Å²) in [6, 6.07) is 6.19. The van der Waals surface area contributed by atoms with E-state index in [-0.39, 0.29) is 85.4 Å². The summed E-state index contributed by atoms with van der Waals surface area (Å²) in [6.07, 6.45) is -9.43. The third-order valence-corrected chi connectivity index (χ3v) is 9.95. The zero-order valence-electron chi connectivity index (χ0n) is 27.3. The molecule has 2 N–H and O–H groups in total. The minimum atomic E-state index is -4.35. The number of carbonyl (C=O) groups is 2. The van der Waals surface area contributed by atoms with Crippen molar-refractivity contribution in [1.82, 2.24) is 14.9 Å². The molecule has 2 aliphatic rings. The molecule has 0 bridgehead atoms. The van der Waals surface area contributed by atoms with Gasteiger partial charge in [-0.15, -0.1) is 0 Å². The quantitative estimate of drug-likeness (QED) is 0.235. The molecule has 17 heteroatoms. The maximum Gasteiger partial charge on any atom is 0.391 e. The van der Waals surface area contributed by atoms with E-state index in [1.165, 1.54) is 12.1 Å². The Hall–Kier alpha value is -3.59. The predicted molar refractivity (Wildman–Crippen MR) is 178 cm³/mol. The molecule has 2 amide bonds. The highest BCUT2D eigenvalue weighted by Gasteiger charge is 2.42. The fraction of sp³-hybridized carbons (Fsp3) is 0.515. The summed E-state index contributed by atoms with van der Waals surface area (Å²) in [5, 5.41) is 5.87. The first-order valence-electron chi connectivity index (χ1n) is 15.9. The van der Waals surface area contributed by atoms with Crippen molar-refractivity contribution in [2.45, 2.75) is 76.9 Å². The second-order valence-corrected chi connectivity index (χ2v) is 13.9. The first kappa shape index (κ1) is 37.7. The average molecular weight is 752 g/mol. The Kier molecular flexibility index (Phi) is 10.7. The minimum absolute atomic E-state index is 0.00206. The molecule has 8 nitrogen and oxygen atoms in total. The van der Waals surface area contributed by atoms with Gasteiger partial charge in [0.25, 0.3) is 11.8 Å². The van der Waals surface area contributed by atoms with E-state index >= 15 is 0 Å². The van der Waals surface area contributed by atoms with Gasteiger partial charge in [-0.2, -0.15) is 26.3 Å². The van der Waals surface area contributed by atoms with E-state index in [0.29, 0.717) is 28.0 Å². The Labute approximate surface area is 293 Å². The zero-order chi connectivity index (χ0) is 36.8. The van der Waals surface area contributed by atoms with E-state index < -0.39 is 41.7 Å². The molecule has 0 spiro atoms. The normalized spacial score (nSPS) is 18.0. The second-order valence-electron chi connectivity index (χ2n) is 13.1. The highest BCUT2D eigenvalue weighted by atomic mass is 35.5. The zero-order valence-corrected chi connectivity index (χ0v) is 28.8. The van der Waals surface area contributed by atoms with Crippen LogP contribution in [0.15, 0.2) is 29.3 Å². The molecule has 0 radical (unpaired) electrons. The fourth-order valence-corrected chi connectivity index (χ4v) is 6.69. The number of aliphatic imine (C=N–C) groups is 1. The number of aromatic nitrogens is 2. The monoisotopic (exact) mass is 750 g/mol. The molecule has 1 aliphatic carbocycles. The number of anilines is 3. The number of alkyl halides is 7. The van der Waals surface area contributed by atoms with E-state index in [2.05, 4.69) is 20.6 Å². The Morgan fingerprint density at radius 3 is 2.12 bits per heavy atom. The molecule has 50 heavy (non-hydrogen) atoms. The van der Waals surface area contributed by atoms with Gasteiger partial charge in [-0.1, -0.05) is 29.3 Å². The first-order valence-corrected chi connectivity index (χ1v) is 16.7. The molecule has 1 aliphatic heterocycles. The summed E-state index contributed by atoms with van der Waals surface area (Å²) < 4.78 is 95.6. The minimum Gasteiger partial charge on any atom is -0.371 e. The van der Waals surface area contributed by atoms with Crippen LogP contribution in [0.5, 0.6) is 0 Å². The summed E-state index contributed by atoms with van der Waals surface area (Å²) in [5.74, 6) is -4.30. The number of aryl methyl sites for hydroxylation is 1. The number of rotatable bonds is 7. The number of hydrogen-bond acceptors (Lipinski definition) is 5. The van der Waals surface area contributed by atoms with Crippen LogP contribution in [0.2, 0.25) is 10.0 Å². The summed E-state index contributed by atoms with van der Waals surface area (Å²) in [6.45, 7) is 2.16. The Morgan fingerprint density at radius 1 is 0.940 bits per heavy atom. The first-order chi connectivity index (χ1) is 23.2. The Balaban J connectivity index is 1.48. The number of amides is 2. The van der Waals surface area contributed by atoms with Crippen LogP contribution in [-0.2, 0) is 18.4 Å². The van der Waals surface area contributed by atoms with Crippen molar-refractivity contribution in [3.8, 4) is 0 Å². The lowest BCUT2D eigenvalue weighted by atomic mass is 9.87. The molecule has 0 unspecified atom stereocenters. The van der Waals surface area contributed by atoms with Gasteiger partial charge in [0.05, 0.1) is 49.9 Å². The maximum absolute atomic E-state index is 14.0. The number of halogens is 9. The van der Waals surface area contributed by atoms with Crippen molar-refractivity contribution in [2.75, 3.05) is 23.3 Å². The summed E-state index contributed by atoms with van der Waals surface area (Å²) in [4.78, 5) is 36.2. The lowest BCUT2D eigenvalue weighted by Crippen LogP contribution is -2.39. The van der Waals surface area contributed by atoms with Gasteiger partial charge in [-0.3, -0.25) is 9.59 Å². The number of nitrogens with one attached hydrogen (secondary N) is 2. The Morgan fingerprint density at radius 2 is 1.54 bits per heavy atom. The van der Waals surface area contributed by atoms with E-state index in [1.807, 2.05) is 0 Å². The molecule has 1 aromatic heterocycles. The molecule has 0 atom stereocenters. The number of piperidine rings is 1. The summed E-state index contributed by atoms with van der Waals surface area (Å²) in [7, 11) is 1.66. The van der Waals surface area contributed by atoms with Crippen LogP contribution in [0, 0.1) is 11.8 Å². The number of imidazole rings is 1. The largest absolute Gasteiger partial charge is 0.391 e. The summed E-state index contributed by atoms with van der Waals surface area (Å²) >= 11 is 13.1. The standard InChI is InChI=1S/C33H35Cl2F7N6O2/c1-31(2,36)29(50)43-16-17-4-9-22(34)27(26(17)35)46-30-45-23-14-21(28(49)44-20-7-5-18(6-8-20)32(37,38)39)24(15-25(23)47(30)3)48-12-10-19(11-13-48)33(40,41)42/h4,9,14-15,18-19H,5-8,10-13,16H2,1-3H3,(H,43,50)(H,45,46). The van der Waals surface area contributed by atoms with Gasteiger partial charge >= 0.3 is 12.4 Å². The van der Waals surface area contributed by atoms with Gasteiger partial charge in [0, 0.05) is 32.4 Å². The number of fused-ring (bicyclic) bond motifs is 1. The van der Waals surface area contributed by atoms with Crippen LogP contribution in [0.1, 0.15) is 68.3 Å². The summed E-state index contributed by atoms with van der Waals surface area (Å²) in [5.41, 5.74) is 0.0684. The van der Waals surface area contributed by atoms with Crippen molar-refractivity contribution in [1.29, 1.82) is 0 Å². The molecule has 3 aromatic rings. The number of benzene rings is 2. The van der Waals surface area contributed by atoms with Crippen molar-refractivity contribution in [2.24, 2.45) is 23.9 Å². The molecule has 1 saturated carbocycles. The number of carbonyl (C=O) groups excluding carboxylic acids is 2. The highest BCUT2D eigenvalue weighted by Crippen LogP contribution is 2.40. The maximum atomic E-state index is 14.0. The van der Waals surface area contributed by atoms with E-state index in [9.17, 15) is 40.3 Å². The van der Waals surface area contributed by atoms with Crippen LogP contribution < -0.4 is 15.5 Å². The van der Waals surface area contributed by atoms with Crippen LogP contribution in [0.4, 0.5) is 48.1 Å². The van der Waals surface area contributed by atoms with E-state index in [1.54, 1.807) is 28.6 Å². The molecular formula is C33H35Cl2F7N6O2. The SMILES string of the molecule is Cn1c(Nc2c(Cl)ccc(CNC(=O)C(C)(C)F)c2Cl)nc2cc(C(=O)N=C3CCC(C(F)(F)F)CC3)c(N3CCC(C(F)(F)F)CC3)cc21. The molecule has 2 fully saturated rings. The van der Waals surface area contributed by atoms with Gasteiger partial charge in [-0.05, 0) is 76.1 Å². The van der Waals surface area contributed by atoms with Gasteiger partial charge < -0.3 is 20.1 Å². The number of nitrogens with zero attached hydrogens (tertiary/aromatic N) is 4. The topological polar surface area (TPSA) is 91.6 Å². The van der Waals surface area contributed by atoms with Gasteiger partial charge in [0.15, 0.2) is 5.67 Å². The van der Waals surface area contributed by atoms with Gasteiger partial charge in [0.2, 0.25) is 5.95 Å². The van der Waals surface area contributed by atoms with E-state index in [0.717, 1.165) is 13.8 Å². The predicted octanol–water partition coefficient (Wildman–Crippen LogP) is 9.10. The fourth-order valence-electron chi connectivity index (χ4n) is 6.16. The van der Waals surface area contributed by atoms with Crippen LogP contribution in [-0.4, -0.2) is 58.2 Å². The number of hydrogen-bond donors (Lipinski definition) is 2. The van der Waals surface area contributed by atoms with Crippen molar-refractivity contribution in [3.05, 3.63) is 45.4 Å². The van der Waals surface area contributed by atoms with Gasteiger partial charge in [0.1, 0.15) is 0 Å². The lowest BCUT2D eigenvalue weighted by Gasteiger charge is -2.35. The van der Waals surface area contributed by atoms with Crippen LogP contribution >= 0.6 is 23.2 Å². The Bertz CT molecular complexity index is 1800. The van der Waals surface area contributed by atoms with Crippen molar-refractivity contribution in [3.63, 3.8) is 0 Å². The molecule has 2 aromatic carbocycles. The van der Waals surface area contributed by atoms with Crippen molar-refractivity contribution < 1.29 is 40.3 Å². The van der Waals surface area contributed by atoms with Crippen LogP contribution in [0.25, 0.3) is 11.0 Å². The average Bonchev–Trinajstić information content (AvgIpc) is 3.34. The molecule has 272 valence electrons. The third kappa shape index (κ3) is 8.30. The van der Waals surface area contributed by atoms with E-state index in [4.69, 9.17) is 23.2 Å². The molecule has 5 rings (SSSR count). The van der Waals surface area contributed by atoms with Crippen molar-refractivity contribution >= 4 is 69.1 Å². The van der Waals surface area contributed by atoms with Crippen LogP contribution in [0.3, 0.4) is 0 Å². The lowest BCUT2D eigenvalue weighted by molar-refractivity contribution is -0.179. The second kappa shape index (κ2) is 14.2. The highest BCUT2D eigenvalue weighted by molar-refractivity contribution is 6.39. The third-order valence-electron chi connectivity index (χ3n) is 9.20. The molecular weight excluding hydrogens is 716 g/mol.